The van der Waals surface area contributed by atoms with Crippen LogP contribution in [0.5, 0.6) is 0 Å². The summed E-state index contributed by atoms with van der Waals surface area (Å²) < 4.78 is 0. The van der Waals surface area contributed by atoms with Gasteiger partial charge in [0.1, 0.15) is 18.0 Å². The second kappa shape index (κ2) is 8.77. The molecule has 0 radical (unpaired) electrons. The minimum atomic E-state index is 0.460. The summed E-state index contributed by atoms with van der Waals surface area (Å²) in [5, 5.41) is 3.20. The standard InChI is InChI=1S/C16H30N4/c1-6-8-9-11-20(13(3)4)16-14(10-7-2)15(17-5)18-12-19-16/h12-13H,6-11H2,1-5H3,(H,17,18,19). The Hall–Kier alpha value is -1.32. The first-order valence-corrected chi connectivity index (χ1v) is 7.93. The zero-order valence-corrected chi connectivity index (χ0v) is 13.7. The van der Waals surface area contributed by atoms with Crippen molar-refractivity contribution in [2.75, 3.05) is 23.8 Å². The zero-order chi connectivity index (χ0) is 15.0. The average molecular weight is 278 g/mol. The van der Waals surface area contributed by atoms with Crippen LogP contribution >= 0.6 is 0 Å². The van der Waals surface area contributed by atoms with E-state index in [4.69, 9.17) is 0 Å². The third-order valence-corrected chi connectivity index (χ3v) is 3.56. The summed E-state index contributed by atoms with van der Waals surface area (Å²) in [6.45, 7) is 9.99. The summed E-state index contributed by atoms with van der Waals surface area (Å²) >= 11 is 0. The largest absolute Gasteiger partial charge is 0.373 e. The summed E-state index contributed by atoms with van der Waals surface area (Å²) in [6.07, 6.45) is 7.55. The molecule has 4 heteroatoms. The fourth-order valence-corrected chi connectivity index (χ4v) is 2.49. The Morgan fingerprint density at radius 3 is 2.45 bits per heavy atom. The van der Waals surface area contributed by atoms with E-state index in [1.807, 2.05) is 7.05 Å². The van der Waals surface area contributed by atoms with Crippen LogP contribution in [0, 0.1) is 0 Å². The van der Waals surface area contributed by atoms with Crippen molar-refractivity contribution in [3.63, 3.8) is 0 Å². The maximum absolute atomic E-state index is 4.58. The molecule has 4 nitrogen and oxygen atoms in total. The van der Waals surface area contributed by atoms with Gasteiger partial charge in [0.05, 0.1) is 0 Å². The van der Waals surface area contributed by atoms with Crippen LogP contribution in [0.1, 0.15) is 58.9 Å². The molecule has 0 saturated heterocycles. The monoisotopic (exact) mass is 278 g/mol. The van der Waals surface area contributed by atoms with Gasteiger partial charge in [0.15, 0.2) is 0 Å². The van der Waals surface area contributed by atoms with E-state index in [1.54, 1.807) is 6.33 Å². The first-order chi connectivity index (χ1) is 9.65. The van der Waals surface area contributed by atoms with Crippen molar-refractivity contribution in [3.05, 3.63) is 11.9 Å². The number of hydrogen-bond acceptors (Lipinski definition) is 4. The number of unbranched alkanes of at least 4 members (excludes halogenated alkanes) is 2. The van der Waals surface area contributed by atoms with Crippen LogP contribution in [0.15, 0.2) is 6.33 Å². The van der Waals surface area contributed by atoms with Crippen LogP contribution in [0.2, 0.25) is 0 Å². The van der Waals surface area contributed by atoms with Gasteiger partial charge in [0.25, 0.3) is 0 Å². The van der Waals surface area contributed by atoms with E-state index in [-0.39, 0.29) is 0 Å². The number of hydrogen-bond donors (Lipinski definition) is 1. The number of nitrogens with one attached hydrogen (secondary N) is 1. The Morgan fingerprint density at radius 2 is 1.90 bits per heavy atom. The third-order valence-electron chi connectivity index (χ3n) is 3.56. The summed E-state index contributed by atoms with van der Waals surface area (Å²) in [7, 11) is 1.93. The van der Waals surface area contributed by atoms with Crippen LogP contribution in [0.3, 0.4) is 0 Å². The maximum atomic E-state index is 4.58. The fraction of sp³-hybridized carbons (Fsp3) is 0.750. The van der Waals surface area contributed by atoms with E-state index >= 15 is 0 Å². The molecule has 0 fully saturated rings. The van der Waals surface area contributed by atoms with E-state index in [0.29, 0.717) is 6.04 Å². The van der Waals surface area contributed by atoms with Crippen molar-refractivity contribution in [3.8, 4) is 0 Å². The molecule has 0 unspecified atom stereocenters. The normalized spacial score (nSPS) is 10.9. The quantitative estimate of drug-likeness (QED) is 0.696. The number of nitrogens with zero attached hydrogens (tertiary/aromatic N) is 3. The average Bonchev–Trinajstić information content (AvgIpc) is 2.44. The molecule has 0 spiro atoms. The molecule has 0 aromatic carbocycles. The topological polar surface area (TPSA) is 41.1 Å². The van der Waals surface area contributed by atoms with Gasteiger partial charge in [-0.05, 0) is 26.7 Å². The molecule has 20 heavy (non-hydrogen) atoms. The van der Waals surface area contributed by atoms with Crippen molar-refractivity contribution < 1.29 is 0 Å². The van der Waals surface area contributed by atoms with Gasteiger partial charge in [-0.15, -0.1) is 0 Å². The van der Waals surface area contributed by atoms with Crippen LogP contribution < -0.4 is 10.2 Å². The number of anilines is 2. The first kappa shape index (κ1) is 16.7. The van der Waals surface area contributed by atoms with Crippen molar-refractivity contribution in [1.82, 2.24) is 9.97 Å². The van der Waals surface area contributed by atoms with Crippen molar-refractivity contribution >= 4 is 11.6 Å². The molecule has 0 bridgehead atoms. The smallest absolute Gasteiger partial charge is 0.137 e. The van der Waals surface area contributed by atoms with Crippen LogP contribution in [-0.2, 0) is 6.42 Å². The Labute approximate surface area is 124 Å². The van der Waals surface area contributed by atoms with Crippen molar-refractivity contribution in [2.24, 2.45) is 0 Å². The molecule has 1 aromatic rings. The van der Waals surface area contributed by atoms with E-state index in [1.165, 1.54) is 24.8 Å². The molecule has 114 valence electrons. The molecule has 0 aliphatic heterocycles. The van der Waals surface area contributed by atoms with E-state index in [2.05, 4.69) is 47.9 Å². The first-order valence-electron chi connectivity index (χ1n) is 7.93. The van der Waals surface area contributed by atoms with Gasteiger partial charge in [0.2, 0.25) is 0 Å². The van der Waals surface area contributed by atoms with Crippen molar-refractivity contribution in [2.45, 2.75) is 65.8 Å². The predicted molar refractivity (Wildman–Crippen MR) is 87.6 cm³/mol. The zero-order valence-electron chi connectivity index (χ0n) is 13.7. The molecule has 0 aliphatic rings. The highest BCUT2D eigenvalue weighted by Gasteiger charge is 2.18. The van der Waals surface area contributed by atoms with Gasteiger partial charge in [0, 0.05) is 25.2 Å². The number of rotatable bonds is 9. The van der Waals surface area contributed by atoms with E-state index < -0.39 is 0 Å². The highest BCUT2D eigenvalue weighted by atomic mass is 15.2. The summed E-state index contributed by atoms with van der Waals surface area (Å²) in [5.41, 5.74) is 1.25. The molecule has 1 heterocycles. The lowest BCUT2D eigenvalue weighted by molar-refractivity contribution is 0.616. The van der Waals surface area contributed by atoms with Gasteiger partial charge < -0.3 is 10.2 Å². The molecule has 1 rings (SSSR count). The highest BCUT2D eigenvalue weighted by molar-refractivity contribution is 5.59. The highest BCUT2D eigenvalue weighted by Crippen LogP contribution is 2.26. The third kappa shape index (κ3) is 4.36. The van der Waals surface area contributed by atoms with Gasteiger partial charge in [-0.3, -0.25) is 0 Å². The predicted octanol–water partition coefficient (Wildman–Crippen LogP) is 3.88. The van der Waals surface area contributed by atoms with Crippen LogP contribution in [0.4, 0.5) is 11.6 Å². The van der Waals surface area contributed by atoms with Crippen LogP contribution in [-0.4, -0.2) is 29.6 Å². The molecular formula is C16H30N4. The van der Waals surface area contributed by atoms with Gasteiger partial charge >= 0.3 is 0 Å². The molecule has 1 aromatic heterocycles. The molecule has 1 N–H and O–H groups in total. The molecule has 0 saturated carbocycles. The number of aromatic nitrogens is 2. The van der Waals surface area contributed by atoms with Crippen LogP contribution in [0.25, 0.3) is 0 Å². The summed E-state index contributed by atoms with van der Waals surface area (Å²) in [5.74, 6) is 2.08. The van der Waals surface area contributed by atoms with Crippen molar-refractivity contribution in [1.29, 1.82) is 0 Å². The fourth-order valence-electron chi connectivity index (χ4n) is 2.49. The lowest BCUT2D eigenvalue weighted by Crippen LogP contribution is -2.33. The van der Waals surface area contributed by atoms with Gasteiger partial charge in [-0.25, -0.2) is 9.97 Å². The molecular weight excluding hydrogens is 248 g/mol. The van der Waals surface area contributed by atoms with Gasteiger partial charge in [-0.1, -0.05) is 33.1 Å². The Kier molecular flexibility index (Phi) is 7.34. The second-order valence-corrected chi connectivity index (χ2v) is 5.52. The van der Waals surface area contributed by atoms with E-state index in [9.17, 15) is 0 Å². The molecule has 0 amide bonds. The second-order valence-electron chi connectivity index (χ2n) is 5.52. The Bertz CT molecular complexity index is 390. The molecule has 0 atom stereocenters. The maximum Gasteiger partial charge on any atom is 0.137 e. The SMILES string of the molecule is CCCCCN(c1ncnc(NC)c1CCC)C(C)C. The van der Waals surface area contributed by atoms with E-state index in [0.717, 1.165) is 31.0 Å². The van der Waals surface area contributed by atoms with Gasteiger partial charge in [-0.2, -0.15) is 0 Å². The lowest BCUT2D eigenvalue weighted by atomic mass is 10.1. The molecule has 0 aliphatic carbocycles. The minimum Gasteiger partial charge on any atom is -0.373 e. The Balaban J connectivity index is 3.04. The lowest BCUT2D eigenvalue weighted by Gasteiger charge is -2.30. The Morgan fingerprint density at radius 1 is 1.15 bits per heavy atom. The summed E-state index contributed by atoms with van der Waals surface area (Å²) in [4.78, 5) is 11.4. The minimum absolute atomic E-state index is 0.460. The summed E-state index contributed by atoms with van der Waals surface area (Å²) in [6, 6.07) is 0.460.